The number of anilines is 3. The largest absolute Gasteiger partial charge is 0.319 e. The van der Waals surface area contributed by atoms with Gasteiger partial charge in [-0.1, -0.05) is 29.0 Å². The highest BCUT2D eigenvalue weighted by molar-refractivity contribution is 7.17. The number of nitrogens with one attached hydrogen (secondary N) is 3. The van der Waals surface area contributed by atoms with Crippen LogP contribution >= 0.6 is 22.9 Å². The van der Waals surface area contributed by atoms with Gasteiger partial charge in [-0.3, -0.25) is 14.6 Å². The van der Waals surface area contributed by atoms with E-state index in [2.05, 4.69) is 35.9 Å². The Bertz CT molecular complexity index is 1410. The Morgan fingerprint density at radius 1 is 1.19 bits per heavy atom. The lowest BCUT2D eigenvalue weighted by molar-refractivity contribution is 0.103. The minimum absolute atomic E-state index is 0.307. The molecule has 4 heterocycles. The third-order valence-electron chi connectivity index (χ3n) is 4.53. The van der Waals surface area contributed by atoms with Crippen molar-refractivity contribution in [1.29, 1.82) is 0 Å². The fourth-order valence-electron chi connectivity index (χ4n) is 3.06. The molecule has 154 valence electrons. The van der Waals surface area contributed by atoms with Crippen molar-refractivity contribution in [2.45, 2.75) is 0 Å². The smallest absolute Gasteiger partial charge is 0.267 e. The van der Waals surface area contributed by atoms with Gasteiger partial charge in [0.05, 0.1) is 40.5 Å². The Labute approximate surface area is 185 Å². The fraction of sp³-hybridized carbons (Fsp3) is 0.0500. The number of amides is 1. The van der Waals surface area contributed by atoms with Gasteiger partial charge in [0.1, 0.15) is 10.7 Å². The first kappa shape index (κ1) is 19.2. The van der Waals surface area contributed by atoms with Crippen molar-refractivity contribution >= 4 is 56.4 Å². The van der Waals surface area contributed by atoms with Crippen molar-refractivity contribution in [2.75, 3.05) is 10.6 Å². The molecule has 0 aliphatic carbocycles. The molecule has 4 aromatic heterocycles. The maximum absolute atomic E-state index is 12.8. The fourth-order valence-corrected chi connectivity index (χ4v) is 3.99. The van der Waals surface area contributed by atoms with Gasteiger partial charge in [0.15, 0.2) is 5.13 Å². The second-order valence-corrected chi connectivity index (χ2v) is 8.11. The van der Waals surface area contributed by atoms with E-state index in [4.69, 9.17) is 11.6 Å². The predicted octanol–water partition coefficient (Wildman–Crippen LogP) is 4.46. The summed E-state index contributed by atoms with van der Waals surface area (Å²) in [6.45, 7) is 0. The van der Waals surface area contributed by atoms with E-state index in [1.54, 1.807) is 23.1 Å². The van der Waals surface area contributed by atoms with Crippen molar-refractivity contribution in [2.24, 2.45) is 7.05 Å². The van der Waals surface area contributed by atoms with Crippen LogP contribution in [0.3, 0.4) is 0 Å². The highest BCUT2D eigenvalue weighted by atomic mass is 35.5. The van der Waals surface area contributed by atoms with E-state index >= 15 is 0 Å². The van der Waals surface area contributed by atoms with Crippen LogP contribution in [-0.2, 0) is 7.05 Å². The van der Waals surface area contributed by atoms with Crippen LogP contribution in [0.15, 0.2) is 55.1 Å². The standard InChI is InChI=1S/C20H15ClN8OS/c1-29-10-11(7-24-29)14-3-2-4-17(25-14)26-20-22-9-16(31-20)19(30)27-18-12-8-23-28-15(12)6-5-13(18)21/h2-10H,1H3,(H,23,28)(H,27,30)(H,22,25,26). The van der Waals surface area contributed by atoms with E-state index in [1.165, 1.54) is 17.5 Å². The number of halogens is 1. The van der Waals surface area contributed by atoms with Crippen LogP contribution < -0.4 is 10.6 Å². The Morgan fingerprint density at radius 3 is 2.94 bits per heavy atom. The number of aromatic nitrogens is 6. The summed E-state index contributed by atoms with van der Waals surface area (Å²) in [7, 11) is 1.86. The van der Waals surface area contributed by atoms with Gasteiger partial charge in [0.25, 0.3) is 5.91 Å². The van der Waals surface area contributed by atoms with Crippen LogP contribution in [0.25, 0.3) is 22.2 Å². The number of hydrogen-bond donors (Lipinski definition) is 3. The summed E-state index contributed by atoms with van der Waals surface area (Å²) in [4.78, 5) is 22.1. The Morgan fingerprint density at radius 2 is 2.10 bits per heavy atom. The summed E-state index contributed by atoms with van der Waals surface area (Å²) in [6, 6.07) is 9.15. The summed E-state index contributed by atoms with van der Waals surface area (Å²) in [6.07, 6.45) is 6.78. The van der Waals surface area contributed by atoms with Crippen LogP contribution in [-0.4, -0.2) is 35.9 Å². The molecule has 3 N–H and O–H groups in total. The summed E-state index contributed by atoms with van der Waals surface area (Å²) in [5, 5.41) is 18.7. The first-order chi connectivity index (χ1) is 15.1. The predicted molar refractivity (Wildman–Crippen MR) is 121 cm³/mol. The molecule has 5 aromatic rings. The van der Waals surface area contributed by atoms with E-state index in [9.17, 15) is 4.79 Å². The minimum atomic E-state index is -0.307. The van der Waals surface area contributed by atoms with E-state index in [0.717, 1.165) is 22.2 Å². The van der Waals surface area contributed by atoms with Gasteiger partial charge < -0.3 is 10.6 Å². The Balaban J connectivity index is 1.34. The molecular formula is C20H15ClN8OS. The molecule has 0 saturated carbocycles. The molecule has 0 radical (unpaired) electrons. The minimum Gasteiger partial charge on any atom is -0.319 e. The van der Waals surface area contributed by atoms with Crippen LogP contribution in [0.1, 0.15) is 9.67 Å². The molecule has 1 amide bonds. The van der Waals surface area contributed by atoms with Gasteiger partial charge in [-0.2, -0.15) is 10.2 Å². The molecule has 11 heteroatoms. The van der Waals surface area contributed by atoms with E-state index in [-0.39, 0.29) is 5.91 Å². The number of carbonyl (C=O) groups is 1. The SMILES string of the molecule is Cn1cc(-c2cccc(Nc3ncc(C(=O)Nc4c(Cl)ccc5[nH]ncc45)s3)n2)cn1. The first-order valence-corrected chi connectivity index (χ1v) is 10.4. The van der Waals surface area contributed by atoms with E-state index in [1.807, 2.05) is 37.5 Å². The highest BCUT2D eigenvalue weighted by Crippen LogP contribution is 2.31. The number of carbonyl (C=O) groups excluding carboxylic acids is 1. The second kappa shape index (κ2) is 7.82. The van der Waals surface area contributed by atoms with Crippen LogP contribution in [0.4, 0.5) is 16.6 Å². The lowest BCUT2D eigenvalue weighted by atomic mass is 10.2. The molecule has 0 atom stereocenters. The van der Waals surface area contributed by atoms with E-state index in [0.29, 0.717) is 26.5 Å². The molecular weight excluding hydrogens is 436 g/mol. The molecule has 31 heavy (non-hydrogen) atoms. The molecule has 0 aliphatic heterocycles. The van der Waals surface area contributed by atoms with Gasteiger partial charge in [0.2, 0.25) is 0 Å². The van der Waals surface area contributed by atoms with Gasteiger partial charge in [0, 0.05) is 24.2 Å². The van der Waals surface area contributed by atoms with Gasteiger partial charge in [-0.25, -0.2) is 9.97 Å². The molecule has 1 aromatic carbocycles. The molecule has 0 spiro atoms. The molecule has 9 nitrogen and oxygen atoms in total. The zero-order chi connectivity index (χ0) is 21.4. The first-order valence-electron chi connectivity index (χ1n) is 9.19. The number of thiazole rings is 1. The number of fused-ring (bicyclic) bond motifs is 1. The van der Waals surface area contributed by atoms with Crippen molar-refractivity contribution in [3.05, 3.63) is 65.0 Å². The third-order valence-corrected chi connectivity index (χ3v) is 5.75. The lowest BCUT2D eigenvalue weighted by Crippen LogP contribution is -2.10. The zero-order valence-corrected chi connectivity index (χ0v) is 17.7. The number of rotatable bonds is 5. The highest BCUT2D eigenvalue weighted by Gasteiger charge is 2.16. The molecule has 0 saturated heterocycles. The van der Waals surface area contributed by atoms with Crippen LogP contribution in [0, 0.1) is 0 Å². The van der Waals surface area contributed by atoms with Crippen molar-refractivity contribution in [1.82, 2.24) is 29.9 Å². The van der Waals surface area contributed by atoms with E-state index < -0.39 is 0 Å². The third kappa shape index (κ3) is 3.86. The lowest BCUT2D eigenvalue weighted by Gasteiger charge is -2.07. The van der Waals surface area contributed by atoms with Crippen LogP contribution in [0.5, 0.6) is 0 Å². The Kier molecular flexibility index (Phi) is 4.85. The number of benzene rings is 1. The van der Waals surface area contributed by atoms with Gasteiger partial charge in [-0.05, 0) is 24.3 Å². The molecule has 0 bridgehead atoms. The number of aromatic amines is 1. The maximum Gasteiger partial charge on any atom is 0.267 e. The monoisotopic (exact) mass is 450 g/mol. The molecule has 0 unspecified atom stereocenters. The maximum atomic E-state index is 12.8. The van der Waals surface area contributed by atoms with Crippen LogP contribution in [0.2, 0.25) is 5.02 Å². The van der Waals surface area contributed by atoms with Crippen molar-refractivity contribution in [3.8, 4) is 11.3 Å². The number of pyridine rings is 1. The number of hydrogen-bond acceptors (Lipinski definition) is 7. The average molecular weight is 451 g/mol. The summed E-state index contributed by atoms with van der Waals surface area (Å²) in [5.41, 5.74) is 2.99. The quantitative estimate of drug-likeness (QED) is 0.364. The summed E-state index contributed by atoms with van der Waals surface area (Å²) in [5.74, 6) is 0.312. The average Bonchev–Trinajstić information content (AvgIpc) is 3.51. The normalized spacial score (nSPS) is 11.0. The number of H-pyrrole nitrogens is 1. The summed E-state index contributed by atoms with van der Waals surface area (Å²) < 4.78 is 1.72. The summed E-state index contributed by atoms with van der Waals surface area (Å²) >= 11 is 7.49. The number of aryl methyl sites for hydroxylation is 1. The van der Waals surface area contributed by atoms with Crippen molar-refractivity contribution in [3.63, 3.8) is 0 Å². The van der Waals surface area contributed by atoms with Crippen molar-refractivity contribution < 1.29 is 4.79 Å². The zero-order valence-electron chi connectivity index (χ0n) is 16.1. The second-order valence-electron chi connectivity index (χ2n) is 6.67. The topological polar surface area (TPSA) is 113 Å². The molecule has 5 rings (SSSR count). The molecule has 0 aliphatic rings. The molecule has 0 fully saturated rings. The van der Waals surface area contributed by atoms with Gasteiger partial charge in [-0.15, -0.1) is 0 Å². The van der Waals surface area contributed by atoms with Gasteiger partial charge >= 0.3 is 0 Å². The number of nitrogens with zero attached hydrogens (tertiary/aromatic N) is 5. The Hall–Kier alpha value is -3.76.